The van der Waals surface area contributed by atoms with E-state index in [9.17, 15) is 5.11 Å². The lowest BCUT2D eigenvalue weighted by molar-refractivity contribution is 0.231. The van der Waals surface area contributed by atoms with Gasteiger partial charge in [0, 0.05) is 24.6 Å². The first-order valence-corrected chi connectivity index (χ1v) is 6.11. The number of hydrogen-bond acceptors (Lipinski definition) is 5. The van der Waals surface area contributed by atoms with Crippen LogP contribution in [0.2, 0.25) is 0 Å². The minimum atomic E-state index is -0.384. The minimum absolute atomic E-state index is 0.175. The lowest BCUT2D eigenvalue weighted by Crippen LogP contribution is -2.37. The molecule has 2 aliphatic rings. The molecule has 2 aliphatic heterocycles. The molecular formula is C7H12N2OS2. The van der Waals surface area contributed by atoms with Crippen LogP contribution in [0.4, 0.5) is 0 Å². The summed E-state index contributed by atoms with van der Waals surface area (Å²) in [6, 6.07) is 0. The number of thioether (sulfide) groups is 2. The summed E-state index contributed by atoms with van der Waals surface area (Å²) in [5, 5.41) is 14.2. The van der Waals surface area contributed by atoms with Gasteiger partial charge in [-0.3, -0.25) is 4.99 Å². The van der Waals surface area contributed by atoms with Crippen LogP contribution in [0.5, 0.6) is 0 Å². The summed E-state index contributed by atoms with van der Waals surface area (Å²) in [6.07, 6.45) is -0.384. The van der Waals surface area contributed by atoms with Gasteiger partial charge in [-0.1, -0.05) is 0 Å². The molecule has 0 aromatic rings. The maximum Gasteiger partial charge on any atom is 0.126 e. The molecule has 0 bridgehead atoms. The maximum absolute atomic E-state index is 9.81. The van der Waals surface area contributed by atoms with Crippen LogP contribution in [0, 0.1) is 0 Å². The van der Waals surface area contributed by atoms with E-state index in [-0.39, 0.29) is 11.5 Å². The van der Waals surface area contributed by atoms with E-state index in [0.29, 0.717) is 0 Å². The van der Waals surface area contributed by atoms with Crippen molar-refractivity contribution in [2.45, 2.75) is 11.5 Å². The molecule has 12 heavy (non-hydrogen) atoms. The number of nitrogens with one attached hydrogen (secondary N) is 1. The van der Waals surface area contributed by atoms with Crippen molar-refractivity contribution in [3.05, 3.63) is 0 Å². The summed E-state index contributed by atoms with van der Waals surface area (Å²) in [5.41, 5.74) is 0. The van der Waals surface area contributed by atoms with E-state index in [0.717, 1.165) is 29.6 Å². The van der Waals surface area contributed by atoms with Crippen molar-refractivity contribution >= 4 is 28.6 Å². The van der Waals surface area contributed by atoms with Crippen molar-refractivity contribution < 1.29 is 5.11 Å². The van der Waals surface area contributed by atoms with Gasteiger partial charge in [-0.15, -0.1) is 23.5 Å². The minimum Gasteiger partial charge on any atom is -0.384 e. The molecule has 0 spiro atoms. The summed E-state index contributed by atoms with van der Waals surface area (Å²) in [6.45, 7) is 1.87. The molecule has 5 heteroatoms. The van der Waals surface area contributed by atoms with Crippen molar-refractivity contribution in [3.8, 4) is 0 Å². The average Bonchev–Trinajstić information content (AvgIpc) is 2.77. The molecule has 2 rings (SSSR count). The molecule has 2 N–H and O–H groups in total. The van der Waals surface area contributed by atoms with Crippen LogP contribution in [0.1, 0.15) is 0 Å². The van der Waals surface area contributed by atoms with Crippen LogP contribution in [0.15, 0.2) is 4.99 Å². The lowest BCUT2D eigenvalue weighted by Gasteiger charge is -2.16. The summed E-state index contributed by atoms with van der Waals surface area (Å²) in [7, 11) is 0. The topological polar surface area (TPSA) is 44.6 Å². The van der Waals surface area contributed by atoms with Gasteiger partial charge >= 0.3 is 0 Å². The van der Waals surface area contributed by atoms with E-state index in [4.69, 9.17) is 0 Å². The average molecular weight is 204 g/mol. The molecule has 2 heterocycles. The van der Waals surface area contributed by atoms with Crippen molar-refractivity contribution in [1.29, 1.82) is 0 Å². The molecule has 1 saturated heterocycles. The zero-order chi connectivity index (χ0) is 8.39. The predicted molar refractivity (Wildman–Crippen MR) is 55.0 cm³/mol. The highest BCUT2D eigenvalue weighted by Crippen LogP contribution is 2.23. The van der Waals surface area contributed by atoms with Crippen molar-refractivity contribution in [1.82, 2.24) is 5.32 Å². The highest BCUT2D eigenvalue weighted by molar-refractivity contribution is 8.14. The Kier molecular flexibility index (Phi) is 2.96. The Morgan fingerprint density at radius 1 is 1.58 bits per heavy atom. The van der Waals surface area contributed by atoms with Crippen LogP contribution in [0.3, 0.4) is 0 Å². The van der Waals surface area contributed by atoms with E-state index in [2.05, 4.69) is 10.3 Å². The summed E-state index contributed by atoms with van der Waals surface area (Å²) < 4.78 is 0. The Balaban J connectivity index is 1.93. The fraction of sp³-hybridized carbons (Fsp3) is 0.857. The second kappa shape index (κ2) is 4.00. The summed E-state index contributed by atoms with van der Waals surface area (Å²) in [5.74, 6) is 2.13. The molecule has 1 fully saturated rings. The van der Waals surface area contributed by atoms with Crippen LogP contribution in [-0.4, -0.2) is 46.2 Å². The van der Waals surface area contributed by atoms with E-state index in [1.54, 1.807) is 23.5 Å². The third kappa shape index (κ3) is 1.79. The second-order valence-electron chi connectivity index (χ2n) is 2.76. The molecule has 0 aromatic carbocycles. The molecule has 0 amide bonds. The van der Waals surface area contributed by atoms with Gasteiger partial charge in [0.25, 0.3) is 0 Å². The fourth-order valence-corrected chi connectivity index (χ4v) is 3.31. The van der Waals surface area contributed by atoms with Gasteiger partial charge in [-0.25, -0.2) is 0 Å². The van der Waals surface area contributed by atoms with E-state index in [1.165, 1.54) is 0 Å². The smallest absolute Gasteiger partial charge is 0.126 e. The van der Waals surface area contributed by atoms with Crippen LogP contribution < -0.4 is 5.32 Å². The van der Waals surface area contributed by atoms with Crippen molar-refractivity contribution in [3.63, 3.8) is 0 Å². The van der Waals surface area contributed by atoms with Gasteiger partial charge in [-0.05, 0) is 0 Å². The number of aliphatic hydroxyl groups is 1. The molecule has 0 aromatic heterocycles. The number of aliphatic imine (C=N–C) groups is 1. The first-order chi connectivity index (χ1) is 5.88. The van der Waals surface area contributed by atoms with Crippen LogP contribution in [-0.2, 0) is 0 Å². The Bertz CT molecular complexity index is 192. The van der Waals surface area contributed by atoms with Gasteiger partial charge < -0.3 is 10.4 Å². The largest absolute Gasteiger partial charge is 0.384 e. The number of nitrogens with zero attached hydrogens (tertiary/aromatic N) is 1. The third-order valence-electron chi connectivity index (χ3n) is 1.89. The summed E-state index contributed by atoms with van der Waals surface area (Å²) in [4.78, 5) is 4.26. The first kappa shape index (κ1) is 8.87. The monoisotopic (exact) mass is 204 g/mol. The number of hydrogen-bond donors (Lipinski definition) is 2. The molecule has 2 unspecified atom stereocenters. The second-order valence-corrected chi connectivity index (χ2v) is 5.12. The SMILES string of the molecule is OC(C1=NCCS1)C1NCCS1. The Morgan fingerprint density at radius 3 is 3.08 bits per heavy atom. The van der Waals surface area contributed by atoms with E-state index >= 15 is 0 Å². The number of rotatable bonds is 2. The Labute approximate surface area is 80.4 Å². The fourth-order valence-electron chi connectivity index (χ4n) is 1.31. The third-order valence-corrected chi connectivity index (χ3v) is 4.17. The maximum atomic E-state index is 9.81. The predicted octanol–water partition coefficient (Wildman–Crippen LogP) is 0.155. The standard InChI is InChI=1S/C7H12N2OS2/c10-5(6-8-1-3-11-6)7-9-2-4-12-7/h5-6,8,10H,1-4H2. The molecule has 68 valence electrons. The lowest BCUT2D eigenvalue weighted by atomic mass is 10.4. The van der Waals surface area contributed by atoms with Gasteiger partial charge in [0.05, 0.1) is 10.4 Å². The summed E-state index contributed by atoms with van der Waals surface area (Å²) >= 11 is 3.47. The van der Waals surface area contributed by atoms with Gasteiger partial charge in [0.1, 0.15) is 6.10 Å². The van der Waals surface area contributed by atoms with E-state index < -0.39 is 0 Å². The number of aliphatic hydroxyl groups excluding tert-OH is 1. The zero-order valence-electron chi connectivity index (χ0n) is 6.69. The zero-order valence-corrected chi connectivity index (χ0v) is 8.33. The van der Waals surface area contributed by atoms with Crippen molar-refractivity contribution in [2.24, 2.45) is 4.99 Å². The molecule has 0 saturated carbocycles. The first-order valence-electron chi connectivity index (χ1n) is 4.08. The Morgan fingerprint density at radius 2 is 2.50 bits per heavy atom. The van der Waals surface area contributed by atoms with Crippen LogP contribution in [0.25, 0.3) is 0 Å². The normalized spacial score (nSPS) is 32.1. The molecular weight excluding hydrogens is 192 g/mol. The van der Waals surface area contributed by atoms with Crippen LogP contribution >= 0.6 is 23.5 Å². The van der Waals surface area contributed by atoms with Gasteiger partial charge in [0.2, 0.25) is 0 Å². The molecule has 2 atom stereocenters. The van der Waals surface area contributed by atoms with Gasteiger partial charge in [-0.2, -0.15) is 0 Å². The molecule has 0 aliphatic carbocycles. The highest BCUT2D eigenvalue weighted by atomic mass is 32.2. The van der Waals surface area contributed by atoms with Crippen molar-refractivity contribution in [2.75, 3.05) is 24.6 Å². The molecule has 3 nitrogen and oxygen atoms in total. The highest BCUT2D eigenvalue weighted by Gasteiger charge is 2.28. The quantitative estimate of drug-likeness (QED) is 0.672. The van der Waals surface area contributed by atoms with E-state index in [1.807, 2.05) is 0 Å². The Hall–Kier alpha value is 0.290. The van der Waals surface area contributed by atoms with Gasteiger partial charge in [0.15, 0.2) is 0 Å². The molecule has 0 radical (unpaired) electrons.